The molecule has 0 amide bonds. The second-order valence-electron chi connectivity index (χ2n) is 7.91. The van der Waals surface area contributed by atoms with Gasteiger partial charge in [-0.3, -0.25) is 0 Å². The van der Waals surface area contributed by atoms with E-state index < -0.39 is 17.4 Å². The summed E-state index contributed by atoms with van der Waals surface area (Å²) in [6, 6.07) is 13.6. The third-order valence-corrected chi connectivity index (χ3v) is 5.65. The Kier molecular flexibility index (Phi) is 5.85. The van der Waals surface area contributed by atoms with Gasteiger partial charge < -0.3 is 14.8 Å². The number of imidazole rings is 1. The lowest BCUT2D eigenvalue weighted by molar-refractivity contribution is -0.144. The Hall–Kier alpha value is -2.98. The molecular formula is C22H23N3O3S. The number of benzene rings is 2. The quantitative estimate of drug-likeness (QED) is 0.576. The van der Waals surface area contributed by atoms with Gasteiger partial charge in [0.2, 0.25) is 0 Å². The number of fused-ring (bicyclic) bond motifs is 1. The Morgan fingerprint density at radius 2 is 2.00 bits per heavy atom. The minimum absolute atomic E-state index is 0.248. The van der Waals surface area contributed by atoms with Crippen LogP contribution in [0.3, 0.4) is 0 Å². The SMILES string of the molecule is CC(C)(C)C(C(=O)O)n1c(SCCc2ccccc2O)nc2cc(C#N)ccc21. The number of nitrogens with zero attached hydrogens (tertiary/aromatic N) is 3. The number of carboxylic acid groups (broad SMARTS) is 1. The van der Waals surface area contributed by atoms with Crippen LogP contribution < -0.4 is 0 Å². The molecule has 1 heterocycles. The van der Waals surface area contributed by atoms with Gasteiger partial charge in [-0.25, -0.2) is 9.78 Å². The molecule has 0 fully saturated rings. The van der Waals surface area contributed by atoms with E-state index in [1.807, 2.05) is 32.9 Å². The van der Waals surface area contributed by atoms with Crippen LogP contribution in [-0.4, -0.2) is 31.5 Å². The fourth-order valence-electron chi connectivity index (χ4n) is 3.34. The average Bonchev–Trinajstić information content (AvgIpc) is 2.99. The molecule has 0 aliphatic carbocycles. The maximum Gasteiger partial charge on any atom is 0.327 e. The van der Waals surface area contributed by atoms with Crippen molar-refractivity contribution in [1.29, 1.82) is 5.26 Å². The van der Waals surface area contributed by atoms with Gasteiger partial charge >= 0.3 is 5.97 Å². The van der Waals surface area contributed by atoms with Gasteiger partial charge in [0.15, 0.2) is 5.16 Å². The second kappa shape index (κ2) is 8.18. The van der Waals surface area contributed by atoms with E-state index in [-0.39, 0.29) is 5.75 Å². The molecular weight excluding hydrogens is 386 g/mol. The van der Waals surface area contributed by atoms with Crippen LogP contribution in [0, 0.1) is 16.7 Å². The number of carbonyl (C=O) groups is 1. The molecule has 29 heavy (non-hydrogen) atoms. The first-order chi connectivity index (χ1) is 13.7. The van der Waals surface area contributed by atoms with Crippen molar-refractivity contribution in [2.75, 3.05) is 5.75 Å². The Morgan fingerprint density at radius 1 is 1.28 bits per heavy atom. The first kappa shape index (κ1) is 20.7. The third kappa shape index (κ3) is 4.38. The van der Waals surface area contributed by atoms with E-state index in [1.165, 1.54) is 11.8 Å². The highest BCUT2D eigenvalue weighted by atomic mass is 32.2. The van der Waals surface area contributed by atoms with Gasteiger partial charge in [0, 0.05) is 5.75 Å². The topological polar surface area (TPSA) is 99.1 Å². The number of aryl methyl sites for hydroxylation is 1. The number of carboxylic acids is 1. The average molecular weight is 410 g/mol. The van der Waals surface area contributed by atoms with Crippen LogP contribution in [-0.2, 0) is 11.2 Å². The number of hydrogen-bond acceptors (Lipinski definition) is 5. The molecule has 6 nitrogen and oxygen atoms in total. The van der Waals surface area contributed by atoms with Crippen molar-refractivity contribution in [2.24, 2.45) is 5.41 Å². The number of aromatic nitrogens is 2. The molecule has 3 aromatic rings. The molecule has 3 rings (SSSR count). The molecule has 0 spiro atoms. The molecule has 0 bridgehead atoms. The molecule has 7 heteroatoms. The van der Waals surface area contributed by atoms with Gasteiger partial charge in [-0.05, 0) is 41.7 Å². The Balaban J connectivity index is 2.01. The van der Waals surface area contributed by atoms with E-state index in [0.717, 1.165) is 5.56 Å². The van der Waals surface area contributed by atoms with Crippen molar-refractivity contribution >= 4 is 28.8 Å². The van der Waals surface area contributed by atoms with Crippen LogP contribution in [0.25, 0.3) is 11.0 Å². The van der Waals surface area contributed by atoms with Crippen LogP contribution in [0.4, 0.5) is 0 Å². The Morgan fingerprint density at radius 3 is 2.62 bits per heavy atom. The summed E-state index contributed by atoms with van der Waals surface area (Å²) in [5, 5.41) is 29.7. The molecule has 1 aromatic heterocycles. The van der Waals surface area contributed by atoms with Crippen molar-refractivity contribution in [2.45, 2.75) is 38.4 Å². The highest BCUT2D eigenvalue weighted by molar-refractivity contribution is 7.99. The summed E-state index contributed by atoms with van der Waals surface area (Å²) < 4.78 is 1.76. The van der Waals surface area contributed by atoms with E-state index in [4.69, 9.17) is 0 Å². The van der Waals surface area contributed by atoms with Gasteiger partial charge in [0.25, 0.3) is 0 Å². The summed E-state index contributed by atoms with van der Waals surface area (Å²) in [7, 11) is 0. The summed E-state index contributed by atoms with van der Waals surface area (Å²) in [5.74, 6) is -0.0512. The fraction of sp³-hybridized carbons (Fsp3) is 0.318. The second-order valence-corrected chi connectivity index (χ2v) is 8.98. The predicted molar refractivity (Wildman–Crippen MR) is 113 cm³/mol. The predicted octanol–water partition coefficient (Wildman–Crippen LogP) is 4.62. The largest absolute Gasteiger partial charge is 0.508 e. The maximum atomic E-state index is 12.2. The summed E-state index contributed by atoms with van der Waals surface area (Å²) >= 11 is 1.45. The lowest BCUT2D eigenvalue weighted by Crippen LogP contribution is -2.32. The summed E-state index contributed by atoms with van der Waals surface area (Å²) in [4.78, 5) is 16.8. The number of para-hydroxylation sites is 1. The molecule has 1 atom stereocenters. The van der Waals surface area contributed by atoms with Gasteiger partial charge in [-0.2, -0.15) is 5.26 Å². The smallest absolute Gasteiger partial charge is 0.327 e. The molecule has 0 saturated carbocycles. The highest BCUT2D eigenvalue weighted by Crippen LogP contribution is 2.38. The van der Waals surface area contributed by atoms with Gasteiger partial charge in [0.05, 0.1) is 22.7 Å². The number of hydrogen-bond donors (Lipinski definition) is 2. The van der Waals surface area contributed by atoms with E-state index in [9.17, 15) is 20.3 Å². The van der Waals surface area contributed by atoms with E-state index in [1.54, 1.807) is 34.9 Å². The molecule has 2 aromatic carbocycles. The number of rotatable bonds is 6. The maximum absolute atomic E-state index is 12.2. The summed E-state index contributed by atoms with van der Waals surface area (Å²) in [6.45, 7) is 5.66. The number of phenolic OH excluding ortho intramolecular Hbond substituents is 1. The number of thioether (sulfide) groups is 1. The Labute approximate surface area is 173 Å². The summed E-state index contributed by atoms with van der Waals surface area (Å²) in [6.07, 6.45) is 0.622. The number of aliphatic carboxylic acids is 1. The summed E-state index contributed by atoms with van der Waals surface area (Å²) in [5.41, 5.74) is 2.07. The lowest BCUT2D eigenvalue weighted by Gasteiger charge is -2.29. The van der Waals surface area contributed by atoms with Crippen LogP contribution in [0.1, 0.15) is 37.9 Å². The van der Waals surface area contributed by atoms with Gasteiger partial charge in [0.1, 0.15) is 11.8 Å². The van der Waals surface area contributed by atoms with Crippen LogP contribution in [0.15, 0.2) is 47.6 Å². The van der Waals surface area contributed by atoms with Crippen molar-refractivity contribution < 1.29 is 15.0 Å². The van der Waals surface area contributed by atoms with E-state index in [0.29, 0.717) is 33.9 Å². The molecule has 150 valence electrons. The minimum atomic E-state index is -0.927. The zero-order chi connectivity index (χ0) is 21.2. The normalized spacial score (nSPS) is 12.6. The zero-order valence-corrected chi connectivity index (χ0v) is 17.4. The van der Waals surface area contributed by atoms with Crippen molar-refractivity contribution in [1.82, 2.24) is 9.55 Å². The molecule has 1 unspecified atom stereocenters. The van der Waals surface area contributed by atoms with E-state index in [2.05, 4.69) is 11.1 Å². The lowest BCUT2D eigenvalue weighted by atomic mass is 9.86. The van der Waals surface area contributed by atoms with Gasteiger partial charge in [-0.15, -0.1) is 0 Å². The van der Waals surface area contributed by atoms with Gasteiger partial charge in [-0.1, -0.05) is 50.7 Å². The highest BCUT2D eigenvalue weighted by Gasteiger charge is 2.35. The number of aromatic hydroxyl groups is 1. The fourth-order valence-corrected chi connectivity index (χ4v) is 4.35. The van der Waals surface area contributed by atoms with Crippen molar-refractivity contribution in [3.63, 3.8) is 0 Å². The molecule has 2 N–H and O–H groups in total. The third-order valence-electron chi connectivity index (χ3n) is 4.69. The number of phenols is 1. The molecule has 0 aliphatic rings. The zero-order valence-electron chi connectivity index (χ0n) is 16.6. The van der Waals surface area contributed by atoms with Crippen LogP contribution >= 0.6 is 11.8 Å². The standard InChI is InChI=1S/C22H23N3O3S/c1-22(2,3)19(20(27)28)25-17-9-8-14(13-23)12-16(17)24-21(25)29-11-10-15-6-4-5-7-18(15)26/h4-9,12,19,26H,10-11H2,1-3H3,(H,27,28). The molecule has 0 radical (unpaired) electrons. The van der Waals surface area contributed by atoms with E-state index >= 15 is 0 Å². The minimum Gasteiger partial charge on any atom is -0.508 e. The van der Waals surface area contributed by atoms with Crippen LogP contribution in [0.5, 0.6) is 5.75 Å². The monoisotopic (exact) mass is 409 g/mol. The van der Waals surface area contributed by atoms with Crippen molar-refractivity contribution in [3.05, 3.63) is 53.6 Å². The van der Waals surface area contributed by atoms with Crippen molar-refractivity contribution in [3.8, 4) is 11.8 Å². The van der Waals surface area contributed by atoms with Crippen LogP contribution in [0.2, 0.25) is 0 Å². The Bertz CT molecular complexity index is 1090. The molecule has 0 aliphatic heterocycles. The first-order valence-electron chi connectivity index (χ1n) is 9.27. The number of nitriles is 1. The molecule has 0 saturated heterocycles. The first-order valence-corrected chi connectivity index (χ1v) is 10.3.